The van der Waals surface area contributed by atoms with E-state index in [0.717, 1.165) is 29.2 Å². The number of hydrogen-bond donors (Lipinski definition) is 1. The van der Waals surface area contributed by atoms with E-state index in [1.165, 1.54) is 0 Å². The standard InChI is InChI=1S/C12H18ClNO/c1-3-7-15-12-6-4-5-11(13)10(12)8-9(2)14/h4-6,9H,3,7-8,14H2,1-2H3. The molecule has 0 amide bonds. The quantitative estimate of drug-likeness (QED) is 0.839. The summed E-state index contributed by atoms with van der Waals surface area (Å²) >= 11 is 6.12. The van der Waals surface area contributed by atoms with Crippen molar-refractivity contribution in [3.8, 4) is 5.75 Å². The SMILES string of the molecule is CCCOc1cccc(Cl)c1CC(C)N. The summed E-state index contributed by atoms with van der Waals surface area (Å²) < 4.78 is 5.63. The van der Waals surface area contributed by atoms with Gasteiger partial charge in [0.1, 0.15) is 5.75 Å². The molecular formula is C12H18ClNO. The Hall–Kier alpha value is -0.730. The van der Waals surface area contributed by atoms with Crippen molar-refractivity contribution in [2.45, 2.75) is 32.7 Å². The molecule has 1 unspecified atom stereocenters. The molecule has 0 saturated carbocycles. The average Bonchev–Trinajstić information content (AvgIpc) is 2.18. The zero-order valence-corrected chi connectivity index (χ0v) is 10.1. The molecule has 0 aromatic heterocycles. The molecule has 1 atom stereocenters. The first kappa shape index (κ1) is 12.3. The number of ether oxygens (including phenoxy) is 1. The Morgan fingerprint density at radius 2 is 2.20 bits per heavy atom. The van der Waals surface area contributed by atoms with Gasteiger partial charge in [0.15, 0.2) is 0 Å². The third-order valence-corrected chi connectivity index (χ3v) is 2.42. The monoisotopic (exact) mass is 227 g/mol. The summed E-state index contributed by atoms with van der Waals surface area (Å²) in [6.45, 7) is 4.76. The molecule has 0 radical (unpaired) electrons. The molecule has 84 valence electrons. The van der Waals surface area contributed by atoms with Gasteiger partial charge in [0.2, 0.25) is 0 Å². The van der Waals surface area contributed by atoms with Crippen LogP contribution in [0, 0.1) is 0 Å². The third-order valence-electron chi connectivity index (χ3n) is 2.06. The highest BCUT2D eigenvalue weighted by Crippen LogP contribution is 2.27. The zero-order chi connectivity index (χ0) is 11.3. The second kappa shape index (κ2) is 5.99. The fraction of sp³-hybridized carbons (Fsp3) is 0.500. The van der Waals surface area contributed by atoms with E-state index in [4.69, 9.17) is 22.1 Å². The van der Waals surface area contributed by atoms with E-state index in [1.807, 2.05) is 25.1 Å². The lowest BCUT2D eigenvalue weighted by Crippen LogP contribution is -2.18. The van der Waals surface area contributed by atoms with Gasteiger partial charge in [-0.3, -0.25) is 0 Å². The molecule has 2 N–H and O–H groups in total. The van der Waals surface area contributed by atoms with Crippen LogP contribution in [0.15, 0.2) is 18.2 Å². The Morgan fingerprint density at radius 3 is 2.80 bits per heavy atom. The number of halogens is 1. The van der Waals surface area contributed by atoms with Crippen LogP contribution in [0.3, 0.4) is 0 Å². The fourth-order valence-electron chi connectivity index (χ4n) is 1.41. The van der Waals surface area contributed by atoms with E-state index in [1.54, 1.807) is 0 Å². The first-order chi connectivity index (χ1) is 7.15. The van der Waals surface area contributed by atoms with Gasteiger partial charge in [0.25, 0.3) is 0 Å². The second-order valence-electron chi connectivity index (χ2n) is 3.75. The summed E-state index contributed by atoms with van der Waals surface area (Å²) in [6, 6.07) is 5.81. The van der Waals surface area contributed by atoms with Crippen molar-refractivity contribution in [1.82, 2.24) is 0 Å². The Balaban J connectivity index is 2.87. The molecule has 0 heterocycles. The maximum absolute atomic E-state index is 6.12. The van der Waals surface area contributed by atoms with Gasteiger partial charge in [-0.1, -0.05) is 24.6 Å². The van der Waals surface area contributed by atoms with E-state index in [9.17, 15) is 0 Å². The number of hydrogen-bond acceptors (Lipinski definition) is 2. The van der Waals surface area contributed by atoms with Gasteiger partial charge in [-0.05, 0) is 31.9 Å². The van der Waals surface area contributed by atoms with Gasteiger partial charge in [0.05, 0.1) is 6.61 Å². The predicted molar refractivity (Wildman–Crippen MR) is 64.6 cm³/mol. The summed E-state index contributed by atoms with van der Waals surface area (Å²) in [4.78, 5) is 0. The van der Waals surface area contributed by atoms with Gasteiger partial charge in [-0.15, -0.1) is 0 Å². The van der Waals surface area contributed by atoms with Crippen LogP contribution in [0.4, 0.5) is 0 Å². The van der Waals surface area contributed by atoms with E-state index < -0.39 is 0 Å². The minimum Gasteiger partial charge on any atom is -0.493 e. The molecule has 0 fully saturated rings. The van der Waals surface area contributed by atoms with E-state index in [0.29, 0.717) is 6.61 Å². The first-order valence-corrected chi connectivity index (χ1v) is 5.68. The highest BCUT2D eigenvalue weighted by Gasteiger charge is 2.09. The van der Waals surface area contributed by atoms with Crippen molar-refractivity contribution in [2.24, 2.45) is 5.73 Å². The minimum absolute atomic E-state index is 0.0916. The molecular weight excluding hydrogens is 210 g/mol. The Morgan fingerprint density at radius 1 is 1.47 bits per heavy atom. The summed E-state index contributed by atoms with van der Waals surface area (Å²) in [5, 5.41) is 0.737. The highest BCUT2D eigenvalue weighted by molar-refractivity contribution is 6.31. The maximum atomic E-state index is 6.12. The summed E-state index contributed by atoms with van der Waals surface area (Å²) in [5.41, 5.74) is 6.79. The lowest BCUT2D eigenvalue weighted by atomic mass is 10.1. The molecule has 0 aliphatic carbocycles. The van der Waals surface area contributed by atoms with Crippen LogP contribution in [-0.4, -0.2) is 12.6 Å². The van der Waals surface area contributed by atoms with Crippen LogP contribution in [0.5, 0.6) is 5.75 Å². The Kier molecular flexibility index (Phi) is 4.92. The van der Waals surface area contributed by atoms with E-state index >= 15 is 0 Å². The van der Waals surface area contributed by atoms with Crippen molar-refractivity contribution in [2.75, 3.05) is 6.61 Å². The molecule has 3 heteroatoms. The first-order valence-electron chi connectivity index (χ1n) is 5.31. The fourth-order valence-corrected chi connectivity index (χ4v) is 1.65. The molecule has 0 spiro atoms. The highest BCUT2D eigenvalue weighted by atomic mass is 35.5. The molecule has 1 rings (SSSR count). The predicted octanol–water partition coefficient (Wildman–Crippen LogP) is 3.02. The van der Waals surface area contributed by atoms with E-state index in [2.05, 4.69) is 6.92 Å². The molecule has 0 saturated heterocycles. The molecule has 0 bridgehead atoms. The smallest absolute Gasteiger partial charge is 0.124 e. The largest absolute Gasteiger partial charge is 0.493 e. The summed E-state index contributed by atoms with van der Waals surface area (Å²) in [7, 11) is 0. The summed E-state index contributed by atoms with van der Waals surface area (Å²) in [6.07, 6.45) is 1.74. The Labute approximate surface area is 96.4 Å². The van der Waals surface area contributed by atoms with E-state index in [-0.39, 0.29) is 6.04 Å². The van der Waals surface area contributed by atoms with Crippen molar-refractivity contribution >= 4 is 11.6 Å². The van der Waals surface area contributed by atoms with Gasteiger partial charge in [-0.2, -0.15) is 0 Å². The number of benzene rings is 1. The zero-order valence-electron chi connectivity index (χ0n) is 9.29. The van der Waals surface area contributed by atoms with Crippen LogP contribution in [0.2, 0.25) is 5.02 Å². The summed E-state index contributed by atoms with van der Waals surface area (Å²) in [5.74, 6) is 0.863. The molecule has 2 nitrogen and oxygen atoms in total. The van der Waals surface area contributed by atoms with Gasteiger partial charge >= 0.3 is 0 Å². The number of nitrogens with two attached hydrogens (primary N) is 1. The van der Waals surface area contributed by atoms with Gasteiger partial charge < -0.3 is 10.5 Å². The van der Waals surface area contributed by atoms with Crippen LogP contribution in [-0.2, 0) is 6.42 Å². The average molecular weight is 228 g/mol. The van der Waals surface area contributed by atoms with Crippen LogP contribution in [0.25, 0.3) is 0 Å². The second-order valence-corrected chi connectivity index (χ2v) is 4.15. The minimum atomic E-state index is 0.0916. The Bertz CT molecular complexity index is 312. The molecule has 0 aliphatic rings. The van der Waals surface area contributed by atoms with Gasteiger partial charge in [0, 0.05) is 16.6 Å². The third kappa shape index (κ3) is 3.73. The van der Waals surface area contributed by atoms with Crippen molar-refractivity contribution in [3.63, 3.8) is 0 Å². The van der Waals surface area contributed by atoms with Crippen molar-refractivity contribution in [3.05, 3.63) is 28.8 Å². The lowest BCUT2D eigenvalue weighted by molar-refractivity contribution is 0.313. The molecule has 1 aromatic carbocycles. The van der Waals surface area contributed by atoms with Gasteiger partial charge in [-0.25, -0.2) is 0 Å². The van der Waals surface area contributed by atoms with Crippen molar-refractivity contribution < 1.29 is 4.74 Å². The van der Waals surface area contributed by atoms with Crippen LogP contribution in [0.1, 0.15) is 25.8 Å². The van der Waals surface area contributed by atoms with Crippen LogP contribution < -0.4 is 10.5 Å². The van der Waals surface area contributed by atoms with Crippen molar-refractivity contribution in [1.29, 1.82) is 0 Å². The topological polar surface area (TPSA) is 35.2 Å². The normalized spacial score (nSPS) is 12.5. The molecule has 0 aliphatic heterocycles. The lowest BCUT2D eigenvalue weighted by Gasteiger charge is -2.14. The molecule has 1 aromatic rings. The maximum Gasteiger partial charge on any atom is 0.124 e. The molecule has 15 heavy (non-hydrogen) atoms. The number of rotatable bonds is 5. The van der Waals surface area contributed by atoms with Crippen LogP contribution >= 0.6 is 11.6 Å².